The van der Waals surface area contributed by atoms with E-state index in [9.17, 15) is 13.2 Å². The number of hydrogen-bond acceptors (Lipinski definition) is 7. The Morgan fingerprint density at radius 1 is 1.08 bits per heavy atom. The Labute approximate surface area is 223 Å². The lowest BCUT2D eigenvalue weighted by molar-refractivity contribution is -0.121. The third-order valence-corrected chi connectivity index (χ3v) is 8.84. The molecule has 1 aliphatic rings. The zero-order valence-electron chi connectivity index (χ0n) is 22.1. The van der Waals surface area contributed by atoms with Crippen molar-refractivity contribution in [2.45, 2.75) is 44.0 Å². The number of anilines is 1. The van der Waals surface area contributed by atoms with Crippen molar-refractivity contribution in [3.63, 3.8) is 0 Å². The minimum Gasteiger partial charge on any atom is -0.497 e. The summed E-state index contributed by atoms with van der Waals surface area (Å²) < 4.78 is 45.1. The molecule has 11 heteroatoms. The largest absolute Gasteiger partial charge is 0.497 e. The van der Waals surface area contributed by atoms with Crippen molar-refractivity contribution in [3.8, 4) is 22.8 Å². The van der Waals surface area contributed by atoms with Crippen molar-refractivity contribution in [1.82, 2.24) is 14.5 Å². The van der Waals surface area contributed by atoms with Gasteiger partial charge < -0.3 is 19.5 Å². The molecule has 1 atom stereocenters. The van der Waals surface area contributed by atoms with E-state index in [1.54, 1.807) is 46.3 Å². The second-order valence-electron chi connectivity index (χ2n) is 9.32. The molecule has 0 bridgehead atoms. The molecule has 0 radical (unpaired) electrons. The first-order valence-electron chi connectivity index (χ1n) is 12.5. The zero-order chi connectivity index (χ0) is 27.3. The predicted octanol–water partition coefficient (Wildman–Crippen LogP) is 3.91. The minimum atomic E-state index is -3.75. The van der Waals surface area contributed by atoms with Gasteiger partial charge in [0, 0.05) is 24.2 Å². The fourth-order valence-electron chi connectivity index (χ4n) is 4.80. The average molecular weight is 543 g/mol. The summed E-state index contributed by atoms with van der Waals surface area (Å²) in [5.74, 6) is 1.33. The number of nitrogens with one attached hydrogen (secondary N) is 2. The number of piperidine rings is 1. The van der Waals surface area contributed by atoms with Crippen molar-refractivity contribution in [3.05, 3.63) is 53.6 Å². The van der Waals surface area contributed by atoms with Gasteiger partial charge in [0.15, 0.2) is 5.82 Å². The van der Waals surface area contributed by atoms with Crippen molar-refractivity contribution >= 4 is 21.7 Å². The fourth-order valence-corrected chi connectivity index (χ4v) is 6.89. The number of benzene rings is 2. The number of sulfonamides is 1. The molecule has 1 fully saturated rings. The number of aromatic nitrogens is 2. The van der Waals surface area contributed by atoms with Crippen molar-refractivity contribution in [1.29, 1.82) is 0 Å². The van der Waals surface area contributed by atoms with Gasteiger partial charge in [-0.3, -0.25) is 9.89 Å². The molecule has 10 nitrogen and oxygen atoms in total. The number of hydrogen-bond donors (Lipinski definition) is 2. The first kappa shape index (κ1) is 27.6. The summed E-state index contributed by atoms with van der Waals surface area (Å²) in [6.45, 7) is 3.87. The van der Waals surface area contributed by atoms with Crippen LogP contribution in [0.4, 0.5) is 5.82 Å². The van der Waals surface area contributed by atoms with Gasteiger partial charge in [0.25, 0.3) is 5.91 Å². The number of amides is 1. The minimum absolute atomic E-state index is 0.122. The van der Waals surface area contributed by atoms with Gasteiger partial charge in [0.1, 0.15) is 18.1 Å². The Morgan fingerprint density at radius 3 is 2.53 bits per heavy atom. The number of nitrogens with zero attached hydrogens (tertiary/aromatic N) is 2. The number of carbonyl (C=O) groups is 1. The molecule has 2 heterocycles. The molecular formula is C27H34N4O6S. The molecular weight excluding hydrogens is 508 g/mol. The van der Waals surface area contributed by atoms with Crippen LogP contribution in [0, 0.1) is 13.8 Å². The van der Waals surface area contributed by atoms with Crippen LogP contribution in [0.3, 0.4) is 0 Å². The van der Waals surface area contributed by atoms with Gasteiger partial charge in [-0.05, 0) is 62.1 Å². The van der Waals surface area contributed by atoms with Crippen molar-refractivity contribution in [2.75, 3.05) is 39.3 Å². The number of aromatic amines is 1. The van der Waals surface area contributed by atoms with Gasteiger partial charge >= 0.3 is 0 Å². The molecule has 1 aromatic heterocycles. The van der Waals surface area contributed by atoms with E-state index in [1.165, 1.54) is 4.31 Å². The topological polar surface area (TPSA) is 123 Å². The third-order valence-electron chi connectivity index (χ3n) is 6.58. The first-order valence-corrected chi connectivity index (χ1v) is 13.9. The van der Waals surface area contributed by atoms with Gasteiger partial charge in [0.2, 0.25) is 10.0 Å². The predicted molar refractivity (Wildman–Crippen MR) is 144 cm³/mol. The summed E-state index contributed by atoms with van der Waals surface area (Å²) in [7, 11) is -0.595. The second kappa shape index (κ2) is 12.0. The van der Waals surface area contributed by atoms with E-state index in [0.717, 1.165) is 24.1 Å². The van der Waals surface area contributed by atoms with Gasteiger partial charge in [0.05, 0.1) is 31.4 Å². The third kappa shape index (κ3) is 6.17. The van der Waals surface area contributed by atoms with Crippen LogP contribution in [0.5, 0.6) is 11.5 Å². The van der Waals surface area contributed by atoms with Crippen LogP contribution in [0.2, 0.25) is 0 Å². The Morgan fingerprint density at radius 2 is 1.82 bits per heavy atom. The van der Waals surface area contributed by atoms with Gasteiger partial charge in [-0.25, -0.2) is 8.42 Å². The van der Waals surface area contributed by atoms with Crippen molar-refractivity contribution in [2.24, 2.45) is 0 Å². The van der Waals surface area contributed by atoms with E-state index in [-0.39, 0.29) is 25.2 Å². The van der Waals surface area contributed by atoms with Crippen LogP contribution in [0.1, 0.15) is 30.4 Å². The lowest BCUT2D eigenvalue weighted by Crippen LogP contribution is -2.46. The van der Waals surface area contributed by atoms with Gasteiger partial charge in [-0.1, -0.05) is 18.6 Å². The van der Waals surface area contributed by atoms with E-state index in [4.69, 9.17) is 14.2 Å². The normalized spacial score (nSPS) is 16.3. The Hall–Kier alpha value is -3.41. The van der Waals surface area contributed by atoms with Crippen LogP contribution in [-0.2, 0) is 19.6 Å². The van der Waals surface area contributed by atoms with E-state index in [0.29, 0.717) is 46.3 Å². The van der Waals surface area contributed by atoms with E-state index in [1.807, 2.05) is 24.3 Å². The van der Waals surface area contributed by atoms with Crippen molar-refractivity contribution < 1.29 is 27.4 Å². The van der Waals surface area contributed by atoms with Crippen LogP contribution < -0.4 is 14.8 Å². The highest BCUT2D eigenvalue weighted by Gasteiger charge is 2.35. The number of rotatable bonds is 10. The lowest BCUT2D eigenvalue weighted by Gasteiger charge is -2.35. The molecule has 1 aliphatic heterocycles. The summed E-state index contributed by atoms with van der Waals surface area (Å²) >= 11 is 0. The lowest BCUT2D eigenvalue weighted by atomic mass is 10.1. The summed E-state index contributed by atoms with van der Waals surface area (Å²) in [6, 6.07) is 12.3. The van der Waals surface area contributed by atoms with Crippen LogP contribution in [0.25, 0.3) is 11.3 Å². The van der Waals surface area contributed by atoms with Crippen LogP contribution >= 0.6 is 0 Å². The molecule has 3 aromatic rings. The smallest absolute Gasteiger partial charge is 0.251 e. The summed E-state index contributed by atoms with van der Waals surface area (Å²) in [6.07, 6.45) is 2.34. The number of aryl methyl sites for hydroxylation is 2. The van der Waals surface area contributed by atoms with E-state index < -0.39 is 10.0 Å². The highest BCUT2D eigenvalue weighted by Crippen LogP contribution is 2.32. The number of H-pyrrole nitrogens is 1. The average Bonchev–Trinajstić information content (AvgIpc) is 3.36. The van der Waals surface area contributed by atoms with Crippen LogP contribution in [-0.4, -0.2) is 68.8 Å². The maximum atomic E-state index is 13.7. The SMILES string of the molecule is COc1cccc(-c2cc(NC(=O)COCC3CCCCN3S(=O)(=O)c3c(C)cc(OC)cc3C)n[nH]2)c1. The zero-order valence-corrected chi connectivity index (χ0v) is 22.9. The molecule has 0 spiro atoms. The second-order valence-corrected chi connectivity index (χ2v) is 11.1. The van der Waals surface area contributed by atoms with E-state index in [2.05, 4.69) is 15.5 Å². The standard InChI is InChI=1S/C27H34N4O6S/c1-18-12-23(36-4)13-19(2)27(18)38(33,34)31-11-6-5-9-21(31)16-37-17-26(32)28-25-15-24(29-30-25)20-8-7-10-22(14-20)35-3/h7-8,10,12-15,21H,5-6,9,11,16-17H2,1-4H3,(H2,28,29,30,32). The van der Waals surface area contributed by atoms with Gasteiger partial charge in [-0.2, -0.15) is 9.40 Å². The van der Waals surface area contributed by atoms with E-state index >= 15 is 0 Å². The quantitative estimate of drug-likeness (QED) is 0.398. The highest BCUT2D eigenvalue weighted by atomic mass is 32.2. The highest BCUT2D eigenvalue weighted by molar-refractivity contribution is 7.89. The van der Waals surface area contributed by atoms with Crippen LogP contribution in [0.15, 0.2) is 47.4 Å². The number of methoxy groups -OCH3 is 2. The Bertz CT molecular complexity index is 1360. The first-order chi connectivity index (χ1) is 18.2. The summed E-state index contributed by atoms with van der Waals surface area (Å²) in [5, 5.41) is 9.75. The monoisotopic (exact) mass is 542 g/mol. The molecule has 2 aromatic carbocycles. The molecule has 2 N–H and O–H groups in total. The molecule has 1 unspecified atom stereocenters. The molecule has 1 amide bonds. The molecule has 0 aliphatic carbocycles. The Kier molecular flexibility index (Phi) is 8.70. The summed E-state index contributed by atoms with van der Waals surface area (Å²) in [5.41, 5.74) is 2.87. The maximum Gasteiger partial charge on any atom is 0.251 e. The molecule has 0 saturated carbocycles. The molecule has 1 saturated heterocycles. The molecule has 38 heavy (non-hydrogen) atoms. The summed E-state index contributed by atoms with van der Waals surface area (Å²) in [4.78, 5) is 12.8. The maximum absolute atomic E-state index is 13.7. The number of carbonyl (C=O) groups excluding carboxylic acids is 1. The number of ether oxygens (including phenoxy) is 3. The van der Waals surface area contributed by atoms with Gasteiger partial charge in [-0.15, -0.1) is 0 Å². The fraction of sp³-hybridized carbons (Fsp3) is 0.407. The molecule has 4 rings (SSSR count). The Balaban J connectivity index is 1.37. The molecule has 204 valence electrons.